The van der Waals surface area contributed by atoms with E-state index in [0.717, 1.165) is 11.2 Å². The Morgan fingerprint density at radius 3 is 2.55 bits per heavy atom. The Labute approximate surface area is 117 Å². The van der Waals surface area contributed by atoms with E-state index in [2.05, 4.69) is 0 Å². The number of hydrogen-bond acceptors (Lipinski definition) is 3. The molecule has 1 aromatic carbocycles. The molecular weight excluding hydrogens is 256 g/mol. The second-order valence-electron chi connectivity index (χ2n) is 5.12. The van der Waals surface area contributed by atoms with Gasteiger partial charge in [0.2, 0.25) is 0 Å². The molecule has 0 aliphatic rings. The maximum absolute atomic E-state index is 12.5. The van der Waals surface area contributed by atoms with Gasteiger partial charge in [-0.3, -0.25) is 9.59 Å². The molecule has 20 heavy (non-hydrogen) atoms. The number of rotatable bonds is 3. The number of aromatic nitrogens is 1. The Balaban J connectivity index is 2.83. The quantitative estimate of drug-likeness (QED) is 0.922. The van der Waals surface area contributed by atoms with Gasteiger partial charge in [-0.15, -0.1) is 0 Å². The number of carboxylic acids is 1. The number of aryl methyl sites for hydroxylation is 1. The first-order valence-electron chi connectivity index (χ1n) is 6.34. The highest BCUT2D eigenvalue weighted by Crippen LogP contribution is 2.20. The molecule has 5 heteroatoms. The SMILES string of the molecule is Cc1c(CC(=O)O)c(=O)c2cc(N(C)C)ccc2n1C. The molecule has 0 saturated carbocycles. The summed E-state index contributed by atoms with van der Waals surface area (Å²) in [5.74, 6) is -0.992. The van der Waals surface area contributed by atoms with E-state index < -0.39 is 5.97 Å². The van der Waals surface area contributed by atoms with Gasteiger partial charge in [0.15, 0.2) is 5.43 Å². The third kappa shape index (κ3) is 2.27. The van der Waals surface area contributed by atoms with Crippen LogP contribution in [0.2, 0.25) is 0 Å². The van der Waals surface area contributed by atoms with Crippen LogP contribution in [0.1, 0.15) is 11.3 Å². The van der Waals surface area contributed by atoms with Crippen molar-refractivity contribution in [1.82, 2.24) is 4.57 Å². The number of pyridine rings is 1. The maximum Gasteiger partial charge on any atom is 0.308 e. The molecule has 0 saturated heterocycles. The number of carbonyl (C=O) groups is 1. The Morgan fingerprint density at radius 2 is 2.00 bits per heavy atom. The topological polar surface area (TPSA) is 62.5 Å². The lowest BCUT2D eigenvalue weighted by molar-refractivity contribution is -0.136. The van der Waals surface area contributed by atoms with Crippen LogP contribution < -0.4 is 10.3 Å². The van der Waals surface area contributed by atoms with Gasteiger partial charge in [-0.05, 0) is 25.1 Å². The van der Waals surface area contributed by atoms with Crippen molar-refractivity contribution in [3.8, 4) is 0 Å². The molecule has 0 fully saturated rings. The van der Waals surface area contributed by atoms with E-state index in [0.29, 0.717) is 16.6 Å². The largest absolute Gasteiger partial charge is 0.481 e. The molecule has 0 aliphatic heterocycles. The molecule has 5 nitrogen and oxygen atoms in total. The molecule has 0 aliphatic carbocycles. The van der Waals surface area contributed by atoms with Gasteiger partial charge in [-0.2, -0.15) is 0 Å². The molecule has 0 bridgehead atoms. The first kappa shape index (κ1) is 14.1. The smallest absolute Gasteiger partial charge is 0.308 e. The van der Waals surface area contributed by atoms with E-state index in [4.69, 9.17) is 5.11 Å². The summed E-state index contributed by atoms with van der Waals surface area (Å²) in [6.45, 7) is 1.78. The number of nitrogens with zero attached hydrogens (tertiary/aromatic N) is 2. The van der Waals surface area contributed by atoms with Crippen molar-refractivity contribution in [1.29, 1.82) is 0 Å². The predicted molar refractivity (Wildman–Crippen MR) is 79.6 cm³/mol. The molecule has 1 aromatic heterocycles. The van der Waals surface area contributed by atoms with E-state index in [1.807, 2.05) is 48.8 Å². The lowest BCUT2D eigenvalue weighted by Gasteiger charge is -2.17. The van der Waals surface area contributed by atoms with Crippen molar-refractivity contribution in [3.05, 3.63) is 39.7 Å². The Bertz CT molecular complexity index is 745. The molecule has 0 unspecified atom stereocenters. The lowest BCUT2D eigenvalue weighted by Crippen LogP contribution is -2.20. The van der Waals surface area contributed by atoms with Crippen LogP contribution in [0, 0.1) is 6.92 Å². The normalized spacial score (nSPS) is 10.8. The number of benzene rings is 1. The summed E-state index contributed by atoms with van der Waals surface area (Å²) in [5, 5.41) is 9.52. The fraction of sp³-hybridized carbons (Fsp3) is 0.333. The average molecular weight is 274 g/mol. The first-order chi connectivity index (χ1) is 9.32. The van der Waals surface area contributed by atoms with E-state index in [1.54, 1.807) is 6.92 Å². The number of hydrogen-bond donors (Lipinski definition) is 1. The maximum atomic E-state index is 12.5. The second-order valence-corrected chi connectivity index (χ2v) is 5.12. The van der Waals surface area contributed by atoms with Gasteiger partial charge in [0.25, 0.3) is 0 Å². The van der Waals surface area contributed by atoms with Crippen molar-refractivity contribution in [2.24, 2.45) is 7.05 Å². The average Bonchev–Trinajstić information content (AvgIpc) is 2.40. The van der Waals surface area contributed by atoms with E-state index in [-0.39, 0.29) is 11.8 Å². The zero-order valence-corrected chi connectivity index (χ0v) is 12.1. The third-order valence-electron chi connectivity index (χ3n) is 3.64. The van der Waals surface area contributed by atoms with Gasteiger partial charge in [-0.25, -0.2) is 0 Å². The zero-order valence-electron chi connectivity index (χ0n) is 12.1. The second kappa shape index (κ2) is 5.00. The van der Waals surface area contributed by atoms with Crippen LogP contribution in [0.3, 0.4) is 0 Å². The molecule has 106 valence electrons. The van der Waals surface area contributed by atoms with Gasteiger partial charge in [0.05, 0.1) is 11.9 Å². The van der Waals surface area contributed by atoms with E-state index in [9.17, 15) is 9.59 Å². The standard InChI is InChI=1S/C15H18N2O3/c1-9-11(8-14(18)19)15(20)12-7-10(16(2)3)5-6-13(12)17(9)4/h5-7H,8H2,1-4H3,(H,18,19). The van der Waals surface area contributed by atoms with Crippen molar-refractivity contribution in [2.75, 3.05) is 19.0 Å². The molecule has 1 N–H and O–H groups in total. The molecule has 0 atom stereocenters. The van der Waals surface area contributed by atoms with Gasteiger partial charge in [-0.1, -0.05) is 0 Å². The number of carboxylic acid groups (broad SMARTS) is 1. The number of aliphatic carboxylic acids is 1. The van der Waals surface area contributed by atoms with Crippen LogP contribution in [0.15, 0.2) is 23.0 Å². The fourth-order valence-corrected chi connectivity index (χ4v) is 2.35. The monoisotopic (exact) mass is 274 g/mol. The fourth-order valence-electron chi connectivity index (χ4n) is 2.35. The summed E-state index contributed by atoms with van der Waals surface area (Å²) in [4.78, 5) is 25.4. The zero-order chi connectivity index (χ0) is 15.0. The van der Waals surface area contributed by atoms with Crippen LogP contribution in [-0.4, -0.2) is 29.7 Å². The summed E-state index contributed by atoms with van der Waals surface area (Å²) in [6.07, 6.45) is -0.249. The minimum atomic E-state index is -0.992. The first-order valence-corrected chi connectivity index (χ1v) is 6.34. The molecule has 1 heterocycles. The van der Waals surface area contributed by atoms with Crippen molar-refractivity contribution >= 4 is 22.6 Å². The highest BCUT2D eigenvalue weighted by Gasteiger charge is 2.15. The third-order valence-corrected chi connectivity index (χ3v) is 3.64. The van der Waals surface area contributed by atoms with Gasteiger partial charge in [0, 0.05) is 43.5 Å². The molecule has 2 rings (SSSR count). The number of anilines is 1. The van der Waals surface area contributed by atoms with E-state index >= 15 is 0 Å². The van der Waals surface area contributed by atoms with E-state index in [1.165, 1.54) is 0 Å². The van der Waals surface area contributed by atoms with Crippen LogP contribution in [0.25, 0.3) is 10.9 Å². The van der Waals surface area contributed by atoms with Crippen LogP contribution in [0.4, 0.5) is 5.69 Å². The van der Waals surface area contributed by atoms with Crippen LogP contribution >= 0.6 is 0 Å². The van der Waals surface area contributed by atoms with Crippen LogP contribution in [-0.2, 0) is 18.3 Å². The Hall–Kier alpha value is -2.30. The predicted octanol–water partition coefficient (Wildman–Crippen LogP) is 1.54. The van der Waals surface area contributed by atoms with Crippen molar-refractivity contribution < 1.29 is 9.90 Å². The minimum Gasteiger partial charge on any atom is -0.481 e. The Morgan fingerprint density at radius 1 is 1.35 bits per heavy atom. The summed E-state index contributed by atoms with van der Waals surface area (Å²) in [7, 11) is 5.65. The number of fused-ring (bicyclic) bond motifs is 1. The summed E-state index contributed by atoms with van der Waals surface area (Å²) in [5.41, 5.74) is 2.58. The van der Waals surface area contributed by atoms with Crippen molar-refractivity contribution in [2.45, 2.75) is 13.3 Å². The highest BCUT2D eigenvalue weighted by atomic mass is 16.4. The highest BCUT2D eigenvalue weighted by molar-refractivity contribution is 5.85. The Kier molecular flexibility index (Phi) is 3.53. The molecule has 0 radical (unpaired) electrons. The molecule has 0 spiro atoms. The summed E-state index contributed by atoms with van der Waals surface area (Å²) < 4.78 is 1.87. The molecular formula is C15H18N2O3. The van der Waals surface area contributed by atoms with Crippen LogP contribution in [0.5, 0.6) is 0 Å². The summed E-state index contributed by atoms with van der Waals surface area (Å²) in [6, 6.07) is 5.64. The summed E-state index contributed by atoms with van der Waals surface area (Å²) >= 11 is 0. The minimum absolute atomic E-state index is 0.193. The lowest BCUT2D eigenvalue weighted by atomic mass is 10.0. The van der Waals surface area contributed by atoms with Crippen molar-refractivity contribution in [3.63, 3.8) is 0 Å². The molecule has 2 aromatic rings. The van der Waals surface area contributed by atoms with Gasteiger partial charge < -0.3 is 14.6 Å². The van der Waals surface area contributed by atoms with Gasteiger partial charge >= 0.3 is 5.97 Å². The van der Waals surface area contributed by atoms with Gasteiger partial charge in [0.1, 0.15) is 0 Å². The molecule has 0 amide bonds.